The van der Waals surface area contributed by atoms with E-state index in [0.29, 0.717) is 6.54 Å². The van der Waals surface area contributed by atoms with E-state index in [1.54, 1.807) is 19.2 Å². The maximum atomic E-state index is 10.8. The average molecular weight is 272 g/mol. The van der Waals surface area contributed by atoms with Crippen molar-refractivity contribution in [2.24, 2.45) is 0 Å². The highest BCUT2D eigenvalue weighted by Crippen LogP contribution is 2.28. The molecule has 1 N–H and O–H groups in total. The van der Waals surface area contributed by atoms with Crippen molar-refractivity contribution in [3.05, 3.63) is 58.1 Å². The van der Waals surface area contributed by atoms with Crippen molar-refractivity contribution in [1.82, 2.24) is 5.32 Å². The van der Waals surface area contributed by atoms with Crippen molar-refractivity contribution >= 4 is 5.69 Å². The van der Waals surface area contributed by atoms with Crippen molar-refractivity contribution < 1.29 is 9.66 Å². The van der Waals surface area contributed by atoms with E-state index < -0.39 is 0 Å². The minimum absolute atomic E-state index is 0.0912. The molecule has 0 heterocycles. The molecular formula is C15H16N2O3. The third-order valence-electron chi connectivity index (χ3n) is 3.04. The number of methoxy groups -OCH3 is 1. The summed E-state index contributed by atoms with van der Waals surface area (Å²) >= 11 is 0. The van der Waals surface area contributed by atoms with E-state index in [4.69, 9.17) is 4.74 Å². The highest BCUT2D eigenvalue weighted by Gasteiger charge is 2.09. The first-order valence-electron chi connectivity index (χ1n) is 6.22. The number of ether oxygens (including phenoxy) is 1. The Morgan fingerprint density at radius 2 is 1.95 bits per heavy atom. The summed E-state index contributed by atoms with van der Waals surface area (Å²) in [5.74, 6) is 0.800. The fourth-order valence-corrected chi connectivity index (χ4v) is 2.09. The van der Waals surface area contributed by atoms with Gasteiger partial charge in [0, 0.05) is 24.2 Å². The molecule has 5 heteroatoms. The molecule has 0 saturated heterocycles. The third kappa shape index (κ3) is 2.95. The first kappa shape index (κ1) is 14.0. The molecule has 0 saturated carbocycles. The van der Waals surface area contributed by atoms with Gasteiger partial charge in [-0.05, 0) is 30.3 Å². The largest absolute Gasteiger partial charge is 0.496 e. The summed E-state index contributed by atoms with van der Waals surface area (Å²) in [6, 6.07) is 12.4. The Bertz CT molecular complexity index is 626. The van der Waals surface area contributed by atoms with Crippen molar-refractivity contribution in [1.29, 1.82) is 0 Å². The zero-order chi connectivity index (χ0) is 14.5. The minimum atomic E-state index is -0.387. The van der Waals surface area contributed by atoms with Crippen LogP contribution < -0.4 is 10.1 Å². The molecule has 0 spiro atoms. The van der Waals surface area contributed by atoms with Crippen LogP contribution in [0.5, 0.6) is 5.75 Å². The first-order chi connectivity index (χ1) is 9.65. The van der Waals surface area contributed by atoms with E-state index in [1.807, 2.05) is 31.3 Å². The summed E-state index contributed by atoms with van der Waals surface area (Å²) in [6.45, 7) is 0.673. The third-order valence-corrected chi connectivity index (χ3v) is 3.04. The van der Waals surface area contributed by atoms with Crippen molar-refractivity contribution in [3.63, 3.8) is 0 Å². The van der Waals surface area contributed by atoms with Crippen LogP contribution in [-0.2, 0) is 6.54 Å². The number of nitrogens with one attached hydrogen (secondary N) is 1. The number of hydrogen-bond acceptors (Lipinski definition) is 4. The standard InChI is InChI=1S/C15H16N2O3/c1-16-10-13-8-12(6-7-15(13)20-2)11-4-3-5-14(9-11)17(18)19/h3-9,16H,10H2,1-2H3. The summed E-state index contributed by atoms with van der Waals surface area (Å²) in [4.78, 5) is 10.4. The Morgan fingerprint density at radius 1 is 1.20 bits per heavy atom. The number of nitrogens with zero attached hydrogens (tertiary/aromatic N) is 1. The highest BCUT2D eigenvalue weighted by atomic mass is 16.6. The molecule has 104 valence electrons. The summed E-state index contributed by atoms with van der Waals surface area (Å²) in [6.07, 6.45) is 0. The Balaban J connectivity index is 2.44. The smallest absolute Gasteiger partial charge is 0.270 e. The lowest BCUT2D eigenvalue weighted by Crippen LogP contribution is -2.06. The van der Waals surface area contributed by atoms with E-state index in [0.717, 1.165) is 22.4 Å². The quantitative estimate of drug-likeness (QED) is 0.671. The monoisotopic (exact) mass is 272 g/mol. The van der Waals surface area contributed by atoms with Crippen LogP contribution in [0.3, 0.4) is 0 Å². The van der Waals surface area contributed by atoms with E-state index in [9.17, 15) is 10.1 Å². The second-order valence-corrected chi connectivity index (χ2v) is 4.36. The molecule has 5 nitrogen and oxygen atoms in total. The summed E-state index contributed by atoms with van der Waals surface area (Å²) < 4.78 is 5.30. The maximum absolute atomic E-state index is 10.8. The molecule has 0 aromatic heterocycles. The van der Waals surface area contributed by atoms with Gasteiger partial charge in [0.15, 0.2) is 0 Å². The molecule has 0 atom stereocenters. The van der Waals surface area contributed by atoms with Crippen LogP contribution in [0.25, 0.3) is 11.1 Å². The van der Waals surface area contributed by atoms with Gasteiger partial charge in [0.05, 0.1) is 12.0 Å². The molecule has 0 aliphatic rings. The molecule has 2 rings (SSSR count). The topological polar surface area (TPSA) is 64.4 Å². The Kier molecular flexibility index (Phi) is 4.32. The van der Waals surface area contributed by atoms with Crippen LogP contribution in [0.1, 0.15) is 5.56 Å². The van der Waals surface area contributed by atoms with Gasteiger partial charge in [-0.25, -0.2) is 0 Å². The lowest BCUT2D eigenvalue weighted by atomic mass is 10.0. The lowest BCUT2D eigenvalue weighted by Gasteiger charge is -2.10. The first-order valence-corrected chi connectivity index (χ1v) is 6.22. The second kappa shape index (κ2) is 6.16. The highest BCUT2D eigenvalue weighted by molar-refractivity contribution is 5.68. The van der Waals surface area contributed by atoms with Gasteiger partial charge in [0.2, 0.25) is 0 Å². The number of nitro benzene ring substituents is 1. The lowest BCUT2D eigenvalue weighted by molar-refractivity contribution is -0.384. The molecule has 0 bridgehead atoms. The molecule has 0 aliphatic heterocycles. The normalized spacial score (nSPS) is 10.3. The number of non-ortho nitro benzene ring substituents is 1. The zero-order valence-corrected chi connectivity index (χ0v) is 11.4. The SMILES string of the molecule is CNCc1cc(-c2cccc([N+](=O)[O-])c2)ccc1OC. The molecule has 2 aromatic carbocycles. The van der Waals surface area contributed by atoms with Gasteiger partial charge in [0.25, 0.3) is 5.69 Å². The molecule has 20 heavy (non-hydrogen) atoms. The van der Waals surface area contributed by atoms with Crippen molar-refractivity contribution in [2.75, 3.05) is 14.2 Å². The van der Waals surface area contributed by atoms with E-state index >= 15 is 0 Å². The summed E-state index contributed by atoms with van der Waals surface area (Å²) in [7, 11) is 3.49. The van der Waals surface area contributed by atoms with Crippen molar-refractivity contribution in [2.45, 2.75) is 6.54 Å². The number of benzene rings is 2. The molecule has 0 fully saturated rings. The van der Waals surface area contributed by atoms with Gasteiger partial charge in [-0.1, -0.05) is 18.2 Å². The molecule has 0 amide bonds. The maximum Gasteiger partial charge on any atom is 0.270 e. The number of hydrogen-bond donors (Lipinski definition) is 1. The van der Waals surface area contributed by atoms with Crippen LogP contribution in [-0.4, -0.2) is 19.1 Å². The Hall–Kier alpha value is -2.40. The molecule has 2 aromatic rings. The fourth-order valence-electron chi connectivity index (χ4n) is 2.09. The summed E-state index contributed by atoms with van der Waals surface area (Å²) in [5.41, 5.74) is 2.85. The van der Waals surface area contributed by atoms with E-state index in [1.165, 1.54) is 6.07 Å². The van der Waals surface area contributed by atoms with E-state index in [2.05, 4.69) is 5.32 Å². The number of nitro groups is 1. The Morgan fingerprint density at radius 3 is 2.60 bits per heavy atom. The van der Waals surface area contributed by atoms with Gasteiger partial charge in [-0.15, -0.1) is 0 Å². The summed E-state index contributed by atoms with van der Waals surface area (Å²) in [5, 5.41) is 13.9. The van der Waals surface area contributed by atoms with Crippen molar-refractivity contribution in [3.8, 4) is 16.9 Å². The molecular weight excluding hydrogens is 256 g/mol. The van der Waals surface area contributed by atoms with Gasteiger partial charge in [-0.2, -0.15) is 0 Å². The average Bonchev–Trinajstić information content (AvgIpc) is 2.47. The van der Waals surface area contributed by atoms with Crippen LogP contribution in [0.2, 0.25) is 0 Å². The predicted octanol–water partition coefficient (Wildman–Crippen LogP) is 2.99. The van der Waals surface area contributed by atoms with Crippen LogP contribution >= 0.6 is 0 Å². The van der Waals surface area contributed by atoms with Crippen LogP contribution in [0.15, 0.2) is 42.5 Å². The van der Waals surface area contributed by atoms with Gasteiger partial charge >= 0.3 is 0 Å². The van der Waals surface area contributed by atoms with Gasteiger partial charge in [0.1, 0.15) is 5.75 Å². The van der Waals surface area contributed by atoms with E-state index in [-0.39, 0.29) is 10.6 Å². The van der Waals surface area contributed by atoms with Gasteiger partial charge in [-0.3, -0.25) is 10.1 Å². The minimum Gasteiger partial charge on any atom is -0.496 e. The molecule has 0 radical (unpaired) electrons. The predicted molar refractivity (Wildman–Crippen MR) is 77.8 cm³/mol. The van der Waals surface area contributed by atoms with Gasteiger partial charge < -0.3 is 10.1 Å². The molecule has 0 unspecified atom stereocenters. The molecule has 0 aliphatic carbocycles. The Labute approximate surface area is 117 Å². The number of rotatable bonds is 5. The van der Waals surface area contributed by atoms with Crippen LogP contribution in [0.4, 0.5) is 5.69 Å². The second-order valence-electron chi connectivity index (χ2n) is 4.36. The fraction of sp³-hybridized carbons (Fsp3) is 0.200. The van der Waals surface area contributed by atoms with Crippen LogP contribution in [0, 0.1) is 10.1 Å². The zero-order valence-electron chi connectivity index (χ0n) is 11.4.